The molecule has 19 heavy (non-hydrogen) atoms. The Morgan fingerprint density at radius 1 is 1.37 bits per heavy atom. The van der Waals surface area contributed by atoms with Gasteiger partial charge in [-0.05, 0) is 48.1 Å². The number of hydrogen-bond acceptors (Lipinski definition) is 2. The van der Waals surface area contributed by atoms with Crippen LogP contribution in [0.1, 0.15) is 37.6 Å². The monoisotopic (exact) mass is 373 g/mol. The van der Waals surface area contributed by atoms with Crippen LogP contribution in [0.5, 0.6) is 0 Å². The predicted octanol–water partition coefficient (Wildman–Crippen LogP) is 3.22. The Balaban J connectivity index is 2.09. The zero-order valence-electron chi connectivity index (χ0n) is 11.8. The summed E-state index contributed by atoms with van der Waals surface area (Å²) < 4.78 is 6.55. The highest BCUT2D eigenvalue weighted by Crippen LogP contribution is 2.51. The molecule has 0 saturated heterocycles. The summed E-state index contributed by atoms with van der Waals surface area (Å²) in [5, 5.41) is 3.13. The number of benzene rings is 1. The summed E-state index contributed by atoms with van der Waals surface area (Å²) in [5.74, 6) is 0.00114. The molecule has 0 aromatic heterocycles. The van der Waals surface area contributed by atoms with Crippen molar-refractivity contribution in [3.05, 3.63) is 33.4 Å². The highest BCUT2D eigenvalue weighted by molar-refractivity contribution is 14.1. The van der Waals surface area contributed by atoms with E-state index in [2.05, 4.69) is 48.7 Å². The van der Waals surface area contributed by atoms with Gasteiger partial charge in [0.05, 0.1) is 11.2 Å². The maximum atomic E-state index is 12.3. The Labute approximate surface area is 128 Å². The van der Waals surface area contributed by atoms with Crippen molar-refractivity contribution in [1.82, 2.24) is 5.32 Å². The van der Waals surface area contributed by atoms with Crippen LogP contribution in [-0.4, -0.2) is 24.7 Å². The Kier molecular flexibility index (Phi) is 3.93. The maximum Gasteiger partial charge on any atom is 0.252 e. The van der Waals surface area contributed by atoms with Gasteiger partial charge in [0.15, 0.2) is 0 Å². The molecule has 104 valence electrons. The highest BCUT2D eigenvalue weighted by Gasteiger charge is 2.58. The zero-order valence-corrected chi connectivity index (χ0v) is 13.9. The molecule has 1 aliphatic carbocycles. The lowest BCUT2D eigenvalue weighted by molar-refractivity contribution is -0.177. The van der Waals surface area contributed by atoms with Crippen LogP contribution in [0.3, 0.4) is 0 Å². The molecule has 0 radical (unpaired) electrons. The summed E-state index contributed by atoms with van der Waals surface area (Å²) in [6.45, 7) is 6.38. The smallest absolute Gasteiger partial charge is 0.252 e. The van der Waals surface area contributed by atoms with E-state index in [1.807, 2.05) is 24.3 Å². The standard InChI is InChI=1S/C15H20INO2/c1-14(2)12(9-15(14,3)19-4)17-13(18)10-7-5-6-8-11(10)16/h5-8,12H,9H2,1-4H3,(H,17,18)/t12-,15+/m0/s1. The average Bonchev–Trinajstić information content (AvgIpc) is 2.38. The van der Waals surface area contributed by atoms with Gasteiger partial charge >= 0.3 is 0 Å². The molecule has 3 nitrogen and oxygen atoms in total. The fourth-order valence-corrected chi connectivity index (χ4v) is 3.24. The van der Waals surface area contributed by atoms with Gasteiger partial charge in [0, 0.05) is 22.1 Å². The maximum absolute atomic E-state index is 12.3. The van der Waals surface area contributed by atoms with Crippen molar-refractivity contribution >= 4 is 28.5 Å². The summed E-state index contributed by atoms with van der Waals surface area (Å²) in [4.78, 5) is 12.3. The fraction of sp³-hybridized carbons (Fsp3) is 0.533. The molecule has 2 rings (SSSR count). The van der Waals surface area contributed by atoms with Gasteiger partial charge < -0.3 is 10.1 Å². The molecule has 2 atom stereocenters. The topological polar surface area (TPSA) is 38.3 Å². The molecule has 0 heterocycles. The normalized spacial score (nSPS) is 28.6. The van der Waals surface area contributed by atoms with Gasteiger partial charge in [0.25, 0.3) is 5.91 Å². The summed E-state index contributed by atoms with van der Waals surface area (Å²) >= 11 is 2.19. The van der Waals surface area contributed by atoms with Crippen LogP contribution in [0.4, 0.5) is 0 Å². The number of hydrogen-bond donors (Lipinski definition) is 1. The minimum atomic E-state index is -0.158. The van der Waals surface area contributed by atoms with Crippen LogP contribution in [0.2, 0.25) is 0 Å². The van der Waals surface area contributed by atoms with Crippen molar-refractivity contribution in [2.75, 3.05) is 7.11 Å². The Hall–Kier alpha value is -0.620. The average molecular weight is 373 g/mol. The third-order valence-corrected chi connectivity index (χ3v) is 5.64. The molecule has 1 aromatic rings. The molecule has 4 heteroatoms. The molecule has 1 saturated carbocycles. The molecule has 1 fully saturated rings. The van der Waals surface area contributed by atoms with E-state index in [1.165, 1.54) is 0 Å². The Bertz CT molecular complexity index is 501. The lowest BCUT2D eigenvalue weighted by Crippen LogP contribution is -2.68. The van der Waals surface area contributed by atoms with Gasteiger partial charge in [-0.15, -0.1) is 0 Å². The van der Waals surface area contributed by atoms with Crippen molar-refractivity contribution in [2.24, 2.45) is 5.41 Å². The second-order valence-electron chi connectivity index (χ2n) is 5.87. The number of ether oxygens (including phenoxy) is 1. The number of carbonyl (C=O) groups excluding carboxylic acids is 1. The molecule has 0 bridgehead atoms. The minimum absolute atomic E-state index is 0.00114. The van der Waals surface area contributed by atoms with E-state index < -0.39 is 0 Å². The van der Waals surface area contributed by atoms with Gasteiger partial charge in [-0.3, -0.25) is 4.79 Å². The first-order valence-electron chi connectivity index (χ1n) is 6.42. The first kappa shape index (κ1) is 14.8. The summed E-state index contributed by atoms with van der Waals surface area (Å²) in [6, 6.07) is 7.79. The second kappa shape index (κ2) is 5.05. The lowest BCUT2D eigenvalue weighted by Gasteiger charge is -2.59. The van der Waals surface area contributed by atoms with E-state index in [4.69, 9.17) is 4.74 Å². The predicted molar refractivity (Wildman–Crippen MR) is 84.2 cm³/mol. The quantitative estimate of drug-likeness (QED) is 0.827. The molecular weight excluding hydrogens is 353 g/mol. The number of carbonyl (C=O) groups is 1. The molecule has 0 unspecified atom stereocenters. The zero-order chi connectivity index (χ0) is 14.3. The molecule has 1 aromatic carbocycles. The van der Waals surface area contributed by atoms with E-state index in [0.717, 1.165) is 15.6 Å². The summed E-state index contributed by atoms with van der Waals surface area (Å²) in [7, 11) is 1.74. The molecule has 0 aliphatic heterocycles. The molecule has 1 N–H and O–H groups in total. The number of amides is 1. The van der Waals surface area contributed by atoms with Gasteiger partial charge in [-0.2, -0.15) is 0 Å². The Morgan fingerprint density at radius 3 is 2.53 bits per heavy atom. The van der Waals surface area contributed by atoms with E-state index in [-0.39, 0.29) is 23.0 Å². The largest absolute Gasteiger partial charge is 0.378 e. The number of nitrogens with one attached hydrogen (secondary N) is 1. The van der Waals surface area contributed by atoms with Crippen LogP contribution >= 0.6 is 22.6 Å². The highest BCUT2D eigenvalue weighted by atomic mass is 127. The molecule has 0 spiro atoms. The lowest BCUT2D eigenvalue weighted by atomic mass is 9.56. The van der Waals surface area contributed by atoms with Crippen LogP contribution < -0.4 is 5.32 Å². The van der Waals surface area contributed by atoms with Crippen LogP contribution in [0.15, 0.2) is 24.3 Å². The molecule has 1 amide bonds. The van der Waals surface area contributed by atoms with Gasteiger partial charge in [0.2, 0.25) is 0 Å². The number of methoxy groups -OCH3 is 1. The molecular formula is C15H20INO2. The second-order valence-corrected chi connectivity index (χ2v) is 7.03. The number of rotatable bonds is 3. The molecule has 1 aliphatic rings. The Morgan fingerprint density at radius 2 is 2.00 bits per heavy atom. The summed E-state index contributed by atoms with van der Waals surface area (Å²) in [5.41, 5.74) is 0.525. The third-order valence-electron chi connectivity index (χ3n) is 4.70. The van der Waals surface area contributed by atoms with Crippen LogP contribution in [0, 0.1) is 8.99 Å². The minimum Gasteiger partial charge on any atom is -0.378 e. The van der Waals surface area contributed by atoms with E-state index >= 15 is 0 Å². The van der Waals surface area contributed by atoms with E-state index in [1.54, 1.807) is 7.11 Å². The van der Waals surface area contributed by atoms with Crippen molar-refractivity contribution in [2.45, 2.75) is 38.8 Å². The first-order valence-corrected chi connectivity index (χ1v) is 7.50. The van der Waals surface area contributed by atoms with E-state index in [9.17, 15) is 4.79 Å². The van der Waals surface area contributed by atoms with Crippen LogP contribution in [0.25, 0.3) is 0 Å². The first-order chi connectivity index (χ1) is 8.82. The van der Waals surface area contributed by atoms with Gasteiger partial charge in [0.1, 0.15) is 0 Å². The van der Waals surface area contributed by atoms with Gasteiger partial charge in [-0.1, -0.05) is 26.0 Å². The van der Waals surface area contributed by atoms with Gasteiger partial charge in [-0.25, -0.2) is 0 Å². The number of halogens is 1. The van der Waals surface area contributed by atoms with Crippen molar-refractivity contribution in [1.29, 1.82) is 0 Å². The van der Waals surface area contributed by atoms with Crippen molar-refractivity contribution in [3.63, 3.8) is 0 Å². The third kappa shape index (κ3) is 2.40. The fourth-order valence-electron chi connectivity index (χ4n) is 2.60. The van der Waals surface area contributed by atoms with Crippen molar-refractivity contribution < 1.29 is 9.53 Å². The van der Waals surface area contributed by atoms with Crippen molar-refractivity contribution in [3.8, 4) is 0 Å². The van der Waals surface area contributed by atoms with Crippen LogP contribution in [-0.2, 0) is 4.74 Å². The SMILES string of the molecule is CO[C@]1(C)C[C@H](NC(=O)c2ccccc2I)C1(C)C. The summed E-state index contributed by atoms with van der Waals surface area (Å²) in [6.07, 6.45) is 0.853. The van der Waals surface area contributed by atoms with E-state index in [0.29, 0.717) is 0 Å².